The zero-order valence-corrected chi connectivity index (χ0v) is 19.7. The van der Waals surface area contributed by atoms with Gasteiger partial charge in [-0.1, -0.05) is 11.6 Å². The number of nitrogens with one attached hydrogen (secondary N) is 2. The molecule has 9 heteroatoms. The van der Waals surface area contributed by atoms with Crippen LogP contribution in [0.3, 0.4) is 0 Å². The molecule has 1 fully saturated rings. The van der Waals surface area contributed by atoms with Gasteiger partial charge in [-0.15, -0.1) is 0 Å². The maximum atomic E-state index is 12.6. The third-order valence-electron chi connectivity index (χ3n) is 5.31. The maximum absolute atomic E-state index is 12.6. The van der Waals surface area contributed by atoms with Crippen LogP contribution in [-0.2, 0) is 7.05 Å². The van der Waals surface area contributed by atoms with E-state index in [4.69, 9.17) is 11.6 Å². The molecule has 0 aliphatic carbocycles. The number of hydrogen-bond acceptors (Lipinski definition) is 4. The highest BCUT2D eigenvalue weighted by Gasteiger charge is 2.18. The number of piperazine rings is 1. The molecule has 1 aliphatic rings. The Balaban J connectivity index is 1.62. The Labute approximate surface area is 195 Å². The predicted octanol–water partition coefficient (Wildman–Crippen LogP) is 4.90. The number of amides is 2. The van der Waals surface area contributed by atoms with Crippen molar-refractivity contribution in [3.05, 3.63) is 58.2 Å². The number of nitrogens with zero attached hydrogens (tertiary/aromatic N) is 4. The summed E-state index contributed by atoms with van der Waals surface area (Å²) in [5, 5.41) is 10.8. The van der Waals surface area contributed by atoms with Crippen LogP contribution in [0.15, 0.2) is 53.1 Å². The van der Waals surface area contributed by atoms with Crippen molar-refractivity contribution in [3.8, 4) is 11.3 Å². The van der Waals surface area contributed by atoms with E-state index in [2.05, 4.69) is 54.6 Å². The molecule has 3 aromatic rings. The molecule has 1 aromatic heterocycles. The van der Waals surface area contributed by atoms with Gasteiger partial charge in [-0.25, -0.2) is 4.79 Å². The van der Waals surface area contributed by atoms with Crippen molar-refractivity contribution in [1.82, 2.24) is 14.7 Å². The van der Waals surface area contributed by atoms with E-state index in [9.17, 15) is 4.79 Å². The Kier molecular flexibility index (Phi) is 6.50. The summed E-state index contributed by atoms with van der Waals surface area (Å²) in [6.45, 7) is 3.87. The van der Waals surface area contributed by atoms with Crippen LogP contribution in [-0.4, -0.2) is 53.9 Å². The lowest BCUT2D eigenvalue weighted by atomic mass is 10.1. The number of hydrogen-bond donors (Lipinski definition) is 2. The highest BCUT2D eigenvalue weighted by molar-refractivity contribution is 9.10. The summed E-state index contributed by atoms with van der Waals surface area (Å²) < 4.78 is 2.73. The molecular weight excluding hydrogens is 480 g/mol. The summed E-state index contributed by atoms with van der Waals surface area (Å²) >= 11 is 9.52. The van der Waals surface area contributed by atoms with Crippen LogP contribution in [0.5, 0.6) is 0 Å². The smallest absolute Gasteiger partial charge is 0.323 e. The molecule has 0 saturated carbocycles. The van der Waals surface area contributed by atoms with Crippen molar-refractivity contribution in [1.29, 1.82) is 0 Å². The lowest BCUT2D eigenvalue weighted by Crippen LogP contribution is -2.44. The summed E-state index contributed by atoms with van der Waals surface area (Å²) in [6, 6.07) is 12.8. The monoisotopic (exact) mass is 502 g/mol. The number of aryl methyl sites for hydroxylation is 1. The van der Waals surface area contributed by atoms with E-state index in [1.807, 2.05) is 23.9 Å². The molecule has 4 rings (SSSR count). The van der Waals surface area contributed by atoms with Gasteiger partial charge < -0.3 is 20.4 Å². The minimum atomic E-state index is -0.312. The average Bonchev–Trinajstić information content (AvgIpc) is 3.08. The lowest BCUT2D eigenvalue weighted by Gasteiger charge is -2.34. The van der Waals surface area contributed by atoms with Gasteiger partial charge >= 0.3 is 6.03 Å². The van der Waals surface area contributed by atoms with Crippen LogP contribution >= 0.6 is 27.5 Å². The largest absolute Gasteiger partial charge is 0.369 e. The van der Waals surface area contributed by atoms with E-state index in [0.29, 0.717) is 16.4 Å². The first-order chi connectivity index (χ1) is 14.9. The molecule has 0 spiro atoms. The topological polar surface area (TPSA) is 65.4 Å². The van der Waals surface area contributed by atoms with Gasteiger partial charge in [0.1, 0.15) is 0 Å². The minimum absolute atomic E-state index is 0.312. The summed E-state index contributed by atoms with van der Waals surface area (Å²) in [7, 11) is 4.04. The Bertz CT molecular complexity index is 1060. The van der Waals surface area contributed by atoms with Crippen molar-refractivity contribution in [2.24, 2.45) is 7.05 Å². The highest BCUT2D eigenvalue weighted by Crippen LogP contribution is 2.33. The second-order valence-electron chi connectivity index (χ2n) is 7.61. The number of urea groups is 1. The van der Waals surface area contributed by atoms with Gasteiger partial charge in [0.25, 0.3) is 0 Å². The van der Waals surface area contributed by atoms with Crippen LogP contribution in [0.2, 0.25) is 5.02 Å². The number of carbonyl (C=O) groups excluding carboxylic acids is 1. The van der Waals surface area contributed by atoms with Crippen LogP contribution in [0, 0.1) is 0 Å². The standard InChI is InChI=1S/C22H24BrClN6O/c1-28-7-9-30(10-8-28)19-12-15(21-20(23)14-25-29(21)2)11-18(13-19)27-22(31)26-17-5-3-16(24)4-6-17/h3-6,11-14H,7-10H2,1-2H3,(H2,26,27,31). The Morgan fingerprint density at radius 1 is 1.00 bits per heavy atom. The second kappa shape index (κ2) is 9.30. The van der Waals surface area contributed by atoms with Gasteiger partial charge in [-0.05, 0) is 65.4 Å². The number of carbonyl (C=O) groups is 1. The first-order valence-electron chi connectivity index (χ1n) is 9.99. The summed E-state index contributed by atoms with van der Waals surface area (Å²) in [4.78, 5) is 17.3. The Hall–Kier alpha value is -2.55. The molecule has 1 saturated heterocycles. The van der Waals surface area contributed by atoms with Crippen molar-refractivity contribution in [2.45, 2.75) is 0 Å². The SMILES string of the molecule is CN1CCN(c2cc(NC(=O)Nc3ccc(Cl)cc3)cc(-c3c(Br)cnn3C)c2)CC1. The molecule has 162 valence electrons. The van der Waals surface area contributed by atoms with E-state index in [1.54, 1.807) is 30.5 Å². The molecule has 7 nitrogen and oxygen atoms in total. The maximum Gasteiger partial charge on any atom is 0.323 e. The molecular formula is C22H24BrClN6O. The zero-order valence-electron chi connectivity index (χ0n) is 17.4. The minimum Gasteiger partial charge on any atom is -0.369 e. The number of aromatic nitrogens is 2. The van der Waals surface area contributed by atoms with Crippen LogP contribution in [0.25, 0.3) is 11.3 Å². The highest BCUT2D eigenvalue weighted by atomic mass is 79.9. The average molecular weight is 504 g/mol. The van der Waals surface area contributed by atoms with Gasteiger partial charge in [-0.2, -0.15) is 5.10 Å². The van der Waals surface area contributed by atoms with Crippen molar-refractivity contribution in [2.75, 3.05) is 48.8 Å². The molecule has 1 aliphatic heterocycles. The van der Waals surface area contributed by atoms with Crippen molar-refractivity contribution >= 4 is 50.6 Å². The first-order valence-corrected chi connectivity index (χ1v) is 11.2. The van der Waals surface area contributed by atoms with Crippen LogP contribution < -0.4 is 15.5 Å². The van der Waals surface area contributed by atoms with Gasteiger partial charge in [0.2, 0.25) is 0 Å². The van der Waals surface area contributed by atoms with Gasteiger partial charge in [-0.3, -0.25) is 4.68 Å². The summed E-state index contributed by atoms with van der Waals surface area (Å²) in [6.07, 6.45) is 1.78. The van der Waals surface area contributed by atoms with Crippen molar-refractivity contribution in [3.63, 3.8) is 0 Å². The summed E-state index contributed by atoms with van der Waals surface area (Å²) in [5.41, 5.74) is 4.39. The molecule has 2 N–H and O–H groups in total. The van der Waals surface area contributed by atoms with Gasteiger partial charge in [0.05, 0.1) is 16.4 Å². The van der Waals surface area contributed by atoms with E-state index in [1.165, 1.54) is 0 Å². The van der Waals surface area contributed by atoms with E-state index in [0.717, 1.165) is 47.6 Å². The van der Waals surface area contributed by atoms with Gasteiger partial charge in [0.15, 0.2) is 0 Å². The number of benzene rings is 2. The second-order valence-corrected chi connectivity index (χ2v) is 8.90. The first kappa shape index (κ1) is 21.7. The normalized spacial score (nSPS) is 14.5. The Morgan fingerprint density at radius 3 is 2.32 bits per heavy atom. The van der Waals surface area contributed by atoms with E-state index < -0.39 is 0 Å². The quantitative estimate of drug-likeness (QED) is 0.532. The van der Waals surface area contributed by atoms with Gasteiger partial charge in [0, 0.05) is 60.9 Å². The number of anilines is 3. The molecule has 31 heavy (non-hydrogen) atoms. The fraction of sp³-hybridized carbons (Fsp3) is 0.273. The number of halogens is 2. The molecule has 2 aromatic carbocycles. The molecule has 2 heterocycles. The Morgan fingerprint density at radius 2 is 1.68 bits per heavy atom. The zero-order chi connectivity index (χ0) is 22.0. The van der Waals surface area contributed by atoms with Crippen LogP contribution in [0.1, 0.15) is 0 Å². The fourth-order valence-corrected chi connectivity index (χ4v) is 4.33. The third-order valence-corrected chi connectivity index (χ3v) is 6.15. The lowest BCUT2D eigenvalue weighted by molar-refractivity contribution is 0.262. The van der Waals surface area contributed by atoms with E-state index in [-0.39, 0.29) is 6.03 Å². The van der Waals surface area contributed by atoms with E-state index >= 15 is 0 Å². The fourth-order valence-electron chi connectivity index (χ4n) is 3.63. The molecule has 0 radical (unpaired) electrons. The third kappa shape index (κ3) is 5.20. The number of rotatable bonds is 4. The van der Waals surface area contributed by atoms with Crippen LogP contribution in [0.4, 0.5) is 21.9 Å². The molecule has 0 atom stereocenters. The predicted molar refractivity (Wildman–Crippen MR) is 130 cm³/mol. The summed E-state index contributed by atoms with van der Waals surface area (Å²) in [5.74, 6) is 0. The van der Waals surface area contributed by atoms with Crippen molar-refractivity contribution < 1.29 is 4.79 Å². The molecule has 0 unspecified atom stereocenters. The molecule has 0 bridgehead atoms. The molecule has 2 amide bonds. The number of likely N-dealkylation sites (N-methyl/N-ethyl adjacent to an activating group) is 1.